The van der Waals surface area contributed by atoms with Crippen molar-refractivity contribution in [3.63, 3.8) is 0 Å². The van der Waals surface area contributed by atoms with Crippen molar-refractivity contribution in [1.29, 1.82) is 0 Å². The first-order chi connectivity index (χ1) is 16.7. The Balaban J connectivity index is 1.80. The Bertz CT molecular complexity index is 1040. The lowest BCUT2D eigenvalue weighted by Gasteiger charge is -2.31. The molecule has 1 fully saturated rings. The van der Waals surface area contributed by atoms with Gasteiger partial charge in [-0.05, 0) is 17.9 Å². The highest BCUT2D eigenvalue weighted by Crippen LogP contribution is 2.18. The predicted octanol–water partition coefficient (Wildman–Crippen LogP) is 0.793. The fourth-order valence-corrected chi connectivity index (χ4v) is 3.63. The topological polar surface area (TPSA) is 157 Å². The van der Waals surface area contributed by atoms with Crippen LogP contribution in [0.1, 0.15) is 42.7 Å². The summed E-state index contributed by atoms with van der Waals surface area (Å²) < 4.78 is 10.7. The molecular formula is C23H27BN4O7. The minimum absolute atomic E-state index is 0.0472. The summed E-state index contributed by atoms with van der Waals surface area (Å²) >= 11 is 0. The van der Waals surface area contributed by atoms with Gasteiger partial charge in [0.15, 0.2) is 6.10 Å². The Morgan fingerprint density at radius 2 is 1.91 bits per heavy atom. The molecule has 1 aromatic heterocycles. The van der Waals surface area contributed by atoms with Gasteiger partial charge in [-0.1, -0.05) is 44.2 Å². The molecule has 2 heterocycles. The molecule has 2 amide bonds. The third kappa shape index (κ3) is 7.61. The van der Waals surface area contributed by atoms with E-state index in [1.54, 1.807) is 0 Å². The molecule has 0 bridgehead atoms. The molecule has 0 saturated carbocycles. The first-order valence-electron chi connectivity index (χ1n) is 11.2. The quantitative estimate of drug-likeness (QED) is 0.417. The normalized spacial score (nSPS) is 17.3. The van der Waals surface area contributed by atoms with Crippen LogP contribution in [0, 0.1) is 5.92 Å². The number of benzene rings is 1. The fourth-order valence-electron chi connectivity index (χ4n) is 3.63. The van der Waals surface area contributed by atoms with Gasteiger partial charge in [-0.15, -0.1) is 0 Å². The molecule has 3 atom stereocenters. The highest BCUT2D eigenvalue weighted by molar-refractivity contribution is 6.50. The number of aliphatic carboxylic acids is 1. The minimum Gasteiger partial charge on any atom is -0.508 e. The van der Waals surface area contributed by atoms with E-state index in [-0.39, 0.29) is 18.0 Å². The van der Waals surface area contributed by atoms with Gasteiger partial charge in [-0.2, -0.15) is 0 Å². The van der Waals surface area contributed by atoms with Gasteiger partial charge in [-0.3, -0.25) is 19.4 Å². The predicted molar refractivity (Wildman–Crippen MR) is 124 cm³/mol. The lowest BCUT2D eigenvalue weighted by Crippen LogP contribution is -2.59. The zero-order valence-corrected chi connectivity index (χ0v) is 19.4. The van der Waals surface area contributed by atoms with E-state index in [9.17, 15) is 24.3 Å². The number of rotatable bonds is 10. The van der Waals surface area contributed by atoms with Crippen LogP contribution in [-0.4, -0.2) is 64.0 Å². The summed E-state index contributed by atoms with van der Waals surface area (Å²) in [5.41, 5.74) is 0.852. The standard InChI is InChI=1S/C23H27BN4O7/c1-14(2)10-19(24-34-18(23(32)33)12-20(29)35-24)28-21(30)16(11-15-6-4-3-5-7-15)27-22(31)17-13-25-8-9-26-17/h3-9,13-14,16,18-19H,10-12H2,1-2H3,(H,27,31)(H,28,30)(H,32,33)/t16?,18?,19-/m0/s1. The summed E-state index contributed by atoms with van der Waals surface area (Å²) in [6.07, 6.45) is 2.81. The lowest BCUT2D eigenvalue weighted by atomic mass is 9.72. The molecule has 1 aromatic carbocycles. The molecule has 2 aromatic rings. The van der Waals surface area contributed by atoms with Crippen molar-refractivity contribution in [1.82, 2.24) is 20.6 Å². The van der Waals surface area contributed by atoms with Gasteiger partial charge in [0.1, 0.15) is 11.7 Å². The van der Waals surface area contributed by atoms with Gasteiger partial charge < -0.3 is 25.0 Å². The van der Waals surface area contributed by atoms with E-state index in [1.165, 1.54) is 18.6 Å². The van der Waals surface area contributed by atoms with E-state index < -0.39 is 55.4 Å². The number of nitrogens with zero attached hydrogens (tertiary/aromatic N) is 2. The highest BCUT2D eigenvalue weighted by atomic mass is 16.6. The number of carboxylic acids is 1. The van der Waals surface area contributed by atoms with Crippen molar-refractivity contribution >= 4 is 30.9 Å². The van der Waals surface area contributed by atoms with Crippen LogP contribution in [0.5, 0.6) is 0 Å². The first kappa shape index (κ1) is 25.8. The molecular weight excluding hydrogens is 455 g/mol. The van der Waals surface area contributed by atoms with Gasteiger partial charge in [-0.25, -0.2) is 9.78 Å². The molecule has 0 radical (unpaired) electrons. The van der Waals surface area contributed by atoms with E-state index in [0.717, 1.165) is 5.56 Å². The number of carbonyl (C=O) groups is 4. The number of carbonyl (C=O) groups excluding carboxylic acids is 3. The molecule has 0 spiro atoms. The van der Waals surface area contributed by atoms with Crippen molar-refractivity contribution in [2.24, 2.45) is 5.92 Å². The molecule has 3 N–H and O–H groups in total. The largest absolute Gasteiger partial charge is 0.551 e. The van der Waals surface area contributed by atoms with Crippen LogP contribution < -0.4 is 10.6 Å². The Morgan fingerprint density at radius 1 is 1.17 bits per heavy atom. The van der Waals surface area contributed by atoms with Crippen molar-refractivity contribution in [3.05, 3.63) is 60.2 Å². The van der Waals surface area contributed by atoms with Crippen molar-refractivity contribution in [3.8, 4) is 0 Å². The summed E-state index contributed by atoms with van der Waals surface area (Å²) in [7, 11) is -1.28. The zero-order valence-electron chi connectivity index (χ0n) is 19.4. The van der Waals surface area contributed by atoms with Crippen LogP contribution in [0.15, 0.2) is 48.9 Å². The molecule has 12 heteroatoms. The minimum atomic E-state index is -1.37. The van der Waals surface area contributed by atoms with Gasteiger partial charge in [0.25, 0.3) is 11.9 Å². The van der Waals surface area contributed by atoms with E-state index in [0.29, 0.717) is 6.42 Å². The van der Waals surface area contributed by atoms with Crippen LogP contribution in [-0.2, 0) is 30.1 Å². The second kappa shape index (κ2) is 12.1. The van der Waals surface area contributed by atoms with Crippen molar-refractivity contribution in [2.45, 2.75) is 51.2 Å². The van der Waals surface area contributed by atoms with E-state index in [1.807, 2.05) is 44.2 Å². The van der Waals surface area contributed by atoms with E-state index in [2.05, 4.69) is 20.6 Å². The maximum absolute atomic E-state index is 13.4. The molecule has 1 aliphatic heterocycles. The number of nitrogens with one attached hydrogen (secondary N) is 2. The van der Waals surface area contributed by atoms with Crippen LogP contribution >= 0.6 is 0 Å². The maximum Gasteiger partial charge on any atom is 0.551 e. The van der Waals surface area contributed by atoms with Gasteiger partial charge in [0.2, 0.25) is 5.91 Å². The Morgan fingerprint density at radius 3 is 2.54 bits per heavy atom. The summed E-state index contributed by atoms with van der Waals surface area (Å²) in [6, 6.07) is 8.11. The number of amides is 2. The van der Waals surface area contributed by atoms with Crippen molar-refractivity contribution < 1.29 is 33.6 Å². The number of aromatic nitrogens is 2. The average Bonchev–Trinajstić information content (AvgIpc) is 2.83. The zero-order chi connectivity index (χ0) is 25.4. The Labute approximate surface area is 202 Å². The number of hydrogen-bond acceptors (Lipinski definition) is 8. The fraction of sp³-hybridized carbons (Fsp3) is 0.391. The van der Waals surface area contributed by atoms with Crippen LogP contribution in [0.25, 0.3) is 0 Å². The highest BCUT2D eigenvalue weighted by Gasteiger charge is 2.44. The summed E-state index contributed by atoms with van der Waals surface area (Å²) in [5, 5.41) is 14.8. The summed E-state index contributed by atoms with van der Waals surface area (Å²) in [5.74, 6) is -3.93. The molecule has 2 unspecified atom stereocenters. The van der Waals surface area contributed by atoms with Gasteiger partial charge in [0.05, 0.1) is 18.6 Å². The molecule has 184 valence electrons. The molecule has 35 heavy (non-hydrogen) atoms. The van der Waals surface area contributed by atoms with E-state index in [4.69, 9.17) is 9.31 Å². The van der Waals surface area contributed by atoms with Gasteiger partial charge in [0, 0.05) is 18.8 Å². The summed E-state index contributed by atoms with van der Waals surface area (Å²) in [6.45, 7) is 3.80. The molecule has 0 aliphatic carbocycles. The third-order valence-electron chi connectivity index (χ3n) is 5.26. The second-order valence-electron chi connectivity index (χ2n) is 8.58. The van der Waals surface area contributed by atoms with E-state index >= 15 is 0 Å². The van der Waals surface area contributed by atoms with Crippen LogP contribution in [0.4, 0.5) is 0 Å². The first-order valence-corrected chi connectivity index (χ1v) is 11.2. The maximum atomic E-state index is 13.4. The monoisotopic (exact) mass is 482 g/mol. The number of carboxylic acid groups (broad SMARTS) is 1. The lowest BCUT2D eigenvalue weighted by molar-refractivity contribution is -0.157. The Hall–Kier alpha value is -3.80. The SMILES string of the molecule is CC(C)C[C@H](NC(=O)C(Cc1ccccc1)NC(=O)c1cnccn1)B1OC(=O)CC(C(=O)O)O1. The van der Waals surface area contributed by atoms with Crippen molar-refractivity contribution in [2.75, 3.05) is 0 Å². The molecule has 3 rings (SSSR count). The van der Waals surface area contributed by atoms with Crippen LogP contribution in [0.3, 0.4) is 0 Å². The molecule has 1 saturated heterocycles. The average molecular weight is 482 g/mol. The third-order valence-corrected chi connectivity index (χ3v) is 5.26. The Kier molecular flexibility index (Phi) is 8.90. The molecule has 11 nitrogen and oxygen atoms in total. The summed E-state index contributed by atoms with van der Waals surface area (Å²) in [4.78, 5) is 57.3. The second-order valence-corrected chi connectivity index (χ2v) is 8.58. The molecule has 1 aliphatic rings. The number of hydrogen-bond donors (Lipinski definition) is 3. The van der Waals surface area contributed by atoms with Gasteiger partial charge >= 0.3 is 13.1 Å². The van der Waals surface area contributed by atoms with Crippen LogP contribution in [0.2, 0.25) is 0 Å². The smallest absolute Gasteiger partial charge is 0.508 e.